The zero-order chi connectivity index (χ0) is 12.8. The highest BCUT2D eigenvalue weighted by molar-refractivity contribution is 7.90. The summed E-state index contributed by atoms with van der Waals surface area (Å²) < 4.78 is 22.1. The predicted octanol–water partition coefficient (Wildman–Crippen LogP) is 2.23. The lowest BCUT2D eigenvalue weighted by Gasteiger charge is -2.26. The van der Waals surface area contributed by atoms with E-state index in [1.54, 1.807) is 0 Å². The zero-order valence-corrected chi connectivity index (χ0v) is 12.2. The second-order valence-electron chi connectivity index (χ2n) is 5.79. The Morgan fingerprint density at radius 2 is 1.81 bits per heavy atom. The van der Waals surface area contributed by atoms with Gasteiger partial charge in [0.1, 0.15) is 9.84 Å². The standard InChI is InChI=1S/C12H27NO2S/c1-6-13-11(10-12(2,3)4)8-7-9-16(5,14)15/h11,13H,6-10H2,1-5H3. The summed E-state index contributed by atoms with van der Waals surface area (Å²) in [7, 11) is -2.81. The van der Waals surface area contributed by atoms with E-state index in [4.69, 9.17) is 0 Å². The molecular formula is C12H27NO2S. The first kappa shape index (κ1) is 15.9. The summed E-state index contributed by atoms with van der Waals surface area (Å²) in [6.45, 7) is 9.68. The molecule has 0 aliphatic heterocycles. The predicted molar refractivity (Wildman–Crippen MR) is 70.5 cm³/mol. The van der Waals surface area contributed by atoms with E-state index in [2.05, 4.69) is 33.0 Å². The third-order valence-electron chi connectivity index (χ3n) is 2.42. The molecule has 0 bridgehead atoms. The topological polar surface area (TPSA) is 46.2 Å². The van der Waals surface area contributed by atoms with Crippen molar-refractivity contribution in [2.45, 2.75) is 53.0 Å². The van der Waals surface area contributed by atoms with Gasteiger partial charge in [-0.3, -0.25) is 0 Å². The van der Waals surface area contributed by atoms with Crippen molar-refractivity contribution in [2.75, 3.05) is 18.6 Å². The first-order valence-corrected chi connectivity index (χ1v) is 8.11. The van der Waals surface area contributed by atoms with Gasteiger partial charge in [-0.25, -0.2) is 8.42 Å². The Morgan fingerprint density at radius 3 is 2.19 bits per heavy atom. The van der Waals surface area contributed by atoms with Crippen LogP contribution in [0.1, 0.15) is 47.0 Å². The van der Waals surface area contributed by atoms with Crippen molar-refractivity contribution in [3.8, 4) is 0 Å². The van der Waals surface area contributed by atoms with Gasteiger partial charge in [-0.05, 0) is 31.2 Å². The molecule has 3 nitrogen and oxygen atoms in total. The molecule has 98 valence electrons. The molecule has 1 atom stereocenters. The van der Waals surface area contributed by atoms with Gasteiger partial charge in [0.05, 0.1) is 0 Å². The van der Waals surface area contributed by atoms with Crippen LogP contribution < -0.4 is 5.32 Å². The summed E-state index contributed by atoms with van der Waals surface area (Å²) in [4.78, 5) is 0. The Balaban J connectivity index is 4.04. The Kier molecular flexibility index (Phi) is 6.56. The normalized spacial score (nSPS) is 15.1. The Morgan fingerprint density at radius 1 is 1.25 bits per heavy atom. The molecule has 0 spiro atoms. The van der Waals surface area contributed by atoms with Gasteiger partial charge >= 0.3 is 0 Å². The van der Waals surface area contributed by atoms with Crippen molar-refractivity contribution in [3.05, 3.63) is 0 Å². The maximum absolute atomic E-state index is 11.0. The minimum atomic E-state index is -2.81. The van der Waals surface area contributed by atoms with Gasteiger partial charge in [0.15, 0.2) is 0 Å². The molecule has 0 aromatic carbocycles. The van der Waals surface area contributed by atoms with E-state index in [9.17, 15) is 8.42 Å². The minimum absolute atomic E-state index is 0.290. The van der Waals surface area contributed by atoms with Crippen molar-refractivity contribution in [1.29, 1.82) is 0 Å². The fraction of sp³-hybridized carbons (Fsp3) is 1.00. The number of hydrogen-bond acceptors (Lipinski definition) is 3. The van der Waals surface area contributed by atoms with Gasteiger partial charge in [0.25, 0.3) is 0 Å². The molecule has 0 aromatic rings. The Labute approximate surface area is 101 Å². The number of nitrogens with one attached hydrogen (secondary N) is 1. The summed E-state index contributed by atoms with van der Waals surface area (Å²) in [5.74, 6) is 0.305. The molecule has 0 heterocycles. The van der Waals surface area contributed by atoms with Crippen LogP contribution in [-0.4, -0.2) is 33.0 Å². The minimum Gasteiger partial charge on any atom is -0.314 e. The SMILES string of the molecule is CCNC(CCCS(C)(=O)=O)CC(C)(C)C. The monoisotopic (exact) mass is 249 g/mol. The third kappa shape index (κ3) is 10.4. The van der Waals surface area contributed by atoms with Crippen LogP contribution in [0.3, 0.4) is 0 Å². The molecule has 4 heteroatoms. The molecule has 0 rings (SSSR count). The van der Waals surface area contributed by atoms with E-state index in [1.807, 2.05) is 0 Å². The summed E-state index contributed by atoms with van der Waals surface area (Å²) in [6.07, 6.45) is 4.09. The molecule has 0 saturated heterocycles. The van der Waals surface area contributed by atoms with Crippen LogP contribution in [0.2, 0.25) is 0 Å². The molecule has 0 aliphatic rings. The first-order chi connectivity index (χ1) is 7.14. The van der Waals surface area contributed by atoms with E-state index in [1.165, 1.54) is 6.26 Å². The van der Waals surface area contributed by atoms with Gasteiger partial charge in [-0.1, -0.05) is 27.7 Å². The molecule has 0 aliphatic carbocycles. The lowest BCUT2D eigenvalue weighted by Crippen LogP contribution is -2.33. The number of hydrogen-bond donors (Lipinski definition) is 1. The molecule has 16 heavy (non-hydrogen) atoms. The third-order valence-corrected chi connectivity index (χ3v) is 3.45. The van der Waals surface area contributed by atoms with E-state index in [-0.39, 0.29) is 5.41 Å². The fourth-order valence-electron chi connectivity index (χ4n) is 1.90. The van der Waals surface area contributed by atoms with E-state index in [0.717, 1.165) is 25.8 Å². The number of rotatable bonds is 7. The smallest absolute Gasteiger partial charge is 0.147 e. The molecule has 0 aromatic heterocycles. The second-order valence-corrected chi connectivity index (χ2v) is 8.05. The quantitative estimate of drug-likeness (QED) is 0.752. The molecule has 0 amide bonds. The maximum Gasteiger partial charge on any atom is 0.147 e. The number of sulfone groups is 1. The van der Waals surface area contributed by atoms with E-state index < -0.39 is 9.84 Å². The zero-order valence-electron chi connectivity index (χ0n) is 11.3. The van der Waals surface area contributed by atoms with E-state index in [0.29, 0.717) is 11.8 Å². The van der Waals surface area contributed by atoms with Crippen LogP contribution >= 0.6 is 0 Å². The summed E-state index contributed by atoms with van der Waals surface area (Å²) in [5.41, 5.74) is 0.290. The van der Waals surface area contributed by atoms with Crippen molar-refractivity contribution in [3.63, 3.8) is 0 Å². The van der Waals surface area contributed by atoms with Crippen molar-refractivity contribution >= 4 is 9.84 Å². The first-order valence-electron chi connectivity index (χ1n) is 6.05. The largest absolute Gasteiger partial charge is 0.314 e. The highest BCUT2D eigenvalue weighted by Gasteiger charge is 2.18. The highest BCUT2D eigenvalue weighted by Crippen LogP contribution is 2.22. The maximum atomic E-state index is 11.0. The van der Waals surface area contributed by atoms with Crippen molar-refractivity contribution in [1.82, 2.24) is 5.32 Å². The average Bonchev–Trinajstić information content (AvgIpc) is 1.98. The summed E-state index contributed by atoms with van der Waals surface area (Å²) >= 11 is 0. The molecule has 0 saturated carbocycles. The molecule has 1 N–H and O–H groups in total. The van der Waals surface area contributed by atoms with Crippen LogP contribution in [0.5, 0.6) is 0 Å². The van der Waals surface area contributed by atoms with Crippen molar-refractivity contribution < 1.29 is 8.42 Å². The second kappa shape index (κ2) is 6.60. The van der Waals surface area contributed by atoms with Gasteiger partial charge in [0, 0.05) is 18.1 Å². The molecule has 0 fully saturated rings. The summed E-state index contributed by atoms with van der Waals surface area (Å²) in [5, 5.41) is 3.43. The molecule has 1 unspecified atom stereocenters. The lowest BCUT2D eigenvalue weighted by atomic mass is 9.86. The fourth-order valence-corrected chi connectivity index (χ4v) is 2.59. The molecule has 0 radical (unpaired) electrons. The Hall–Kier alpha value is -0.0900. The van der Waals surface area contributed by atoms with Gasteiger partial charge in [0.2, 0.25) is 0 Å². The van der Waals surface area contributed by atoms with Crippen LogP contribution in [0.15, 0.2) is 0 Å². The van der Waals surface area contributed by atoms with Gasteiger partial charge in [-0.2, -0.15) is 0 Å². The van der Waals surface area contributed by atoms with Crippen LogP contribution in [0, 0.1) is 5.41 Å². The van der Waals surface area contributed by atoms with Crippen LogP contribution in [0.4, 0.5) is 0 Å². The van der Waals surface area contributed by atoms with Gasteiger partial charge < -0.3 is 5.32 Å². The van der Waals surface area contributed by atoms with Crippen LogP contribution in [0.25, 0.3) is 0 Å². The molecular weight excluding hydrogens is 222 g/mol. The van der Waals surface area contributed by atoms with E-state index >= 15 is 0 Å². The van der Waals surface area contributed by atoms with Crippen molar-refractivity contribution in [2.24, 2.45) is 5.41 Å². The van der Waals surface area contributed by atoms with Gasteiger partial charge in [-0.15, -0.1) is 0 Å². The average molecular weight is 249 g/mol. The highest BCUT2D eigenvalue weighted by atomic mass is 32.2. The van der Waals surface area contributed by atoms with Crippen LogP contribution in [-0.2, 0) is 9.84 Å². The summed E-state index contributed by atoms with van der Waals surface area (Å²) in [6, 6.07) is 0.437. The lowest BCUT2D eigenvalue weighted by molar-refractivity contribution is 0.300. The Bertz CT molecular complexity index is 278.